The van der Waals surface area contributed by atoms with Crippen LogP contribution in [0.4, 0.5) is 0 Å². The lowest BCUT2D eigenvalue weighted by Gasteiger charge is -2.03. The highest BCUT2D eigenvalue weighted by Crippen LogP contribution is 2.39. The van der Waals surface area contributed by atoms with Crippen molar-refractivity contribution in [3.8, 4) is 0 Å². The van der Waals surface area contributed by atoms with Crippen LogP contribution in [0.25, 0.3) is 0 Å². The molecule has 0 spiro atoms. The first-order chi connectivity index (χ1) is 8.31. The summed E-state index contributed by atoms with van der Waals surface area (Å²) in [5.41, 5.74) is 0. The SMILES string of the molecule is Clc1cc(Sc2ccncn2)nc(C2CC2)n1. The Balaban J connectivity index is 1.87. The molecule has 0 atom stereocenters. The Kier molecular flexibility index (Phi) is 2.94. The Hall–Kier alpha value is -1.20. The second kappa shape index (κ2) is 4.58. The molecular weight excluding hydrogens is 256 g/mol. The van der Waals surface area contributed by atoms with Crippen LogP contribution in [0.1, 0.15) is 24.6 Å². The number of nitrogens with zero attached hydrogens (tertiary/aromatic N) is 4. The fourth-order valence-electron chi connectivity index (χ4n) is 1.44. The van der Waals surface area contributed by atoms with Gasteiger partial charge in [-0.3, -0.25) is 0 Å². The number of hydrogen-bond donors (Lipinski definition) is 0. The van der Waals surface area contributed by atoms with Crippen LogP contribution in [0, 0.1) is 0 Å². The topological polar surface area (TPSA) is 51.6 Å². The van der Waals surface area contributed by atoms with E-state index in [4.69, 9.17) is 11.6 Å². The van der Waals surface area contributed by atoms with Crippen molar-refractivity contribution in [3.63, 3.8) is 0 Å². The fraction of sp³-hybridized carbons (Fsp3) is 0.273. The lowest BCUT2D eigenvalue weighted by Crippen LogP contribution is -1.94. The molecule has 3 rings (SSSR count). The molecule has 17 heavy (non-hydrogen) atoms. The van der Waals surface area contributed by atoms with Crippen molar-refractivity contribution in [2.75, 3.05) is 0 Å². The van der Waals surface area contributed by atoms with Gasteiger partial charge in [0.15, 0.2) is 0 Å². The third-order valence-corrected chi connectivity index (χ3v) is 3.46. The summed E-state index contributed by atoms with van der Waals surface area (Å²) in [4.78, 5) is 16.8. The van der Waals surface area contributed by atoms with Gasteiger partial charge in [-0.2, -0.15) is 0 Å². The molecule has 0 radical (unpaired) electrons. The molecule has 1 saturated carbocycles. The first-order valence-corrected chi connectivity index (χ1v) is 6.49. The maximum absolute atomic E-state index is 5.99. The Labute approximate surface area is 108 Å². The molecule has 0 amide bonds. The lowest BCUT2D eigenvalue weighted by molar-refractivity contribution is 0.876. The monoisotopic (exact) mass is 264 g/mol. The van der Waals surface area contributed by atoms with Crippen molar-refractivity contribution in [2.24, 2.45) is 0 Å². The highest BCUT2D eigenvalue weighted by molar-refractivity contribution is 7.99. The van der Waals surface area contributed by atoms with Crippen molar-refractivity contribution in [2.45, 2.75) is 28.8 Å². The van der Waals surface area contributed by atoms with Gasteiger partial charge >= 0.3 is 0 Å². The van der Waals surface area contributed by atoms with Crippen LogP contribution in [-0.4, -0.2) is 19.9 Å². The molecule has 0 saturated heterocycles. The van der Waals surface area contributed by atoms with Gasteiger partial charge in [0.05, 0.1) is 0 Å². The first kappa shape index (κ1) is 10.9. The lowest BCUT2D eigenvalue weighted by atomic mass is 10.4. The van der Waals surface area contributed by atoms with Crippen LogP contribution in [0.3, 0.4) is 0 Å². The van der Waals surface area contributed by atoms with Crippen LogP contribution in [0.15, 0.2) is 34.7 Å². The van der Waals surface area contributed by atoms with Gasteiger partial charge in [0, 0.05) is 18.2 Å². The molecule has 1 fully saturated rings. The Morgan fingerprint density at radius 1 is 1.24 bits per heavy atom. The summed E-state index contributed by atoms with van der Waals surface area (Å²) < 4.78 is 0. The smallest absolute Gasteiger partial charge is 0.134 e. The van der Waals surface area contributed by atoms with E-state index in [-0.39, 0.29) is 0 Å². The largest absolute Gasteiger partial charge is 0.245 e. The Morgan fingerprint density at radius 2 is 2.12 bits per heavy atom. The number of aromatic nitrogens is 4. The number of hydrogen-bond acceptors (Lipinski definition) is 5. The van der Waals surface area contributed by atoms with E-state index >= 15 is 0 Å². The molecule has 6 heteroatoms. The standard InChI is InChI=1S/C11H9ClN4S/c12-8-5-10(16-11(15-8)7-1-2-7)17-9-3-4-13-6-14-9/h3-7H,1-2H2. The van der Waals surface area contributed by atoms with Gasteiger partial charge < -0.3 is 0 Å². The van der Waals surface area contributed by atoms with Gasteiger partial charge in [-0.05, 0) is 30.7 Å². The minimum atomic E-state index is 0.499. The van der Waals surface area contributed by atoms with Gasteiger partial charge in [-0.15, -0.1) is 0 Å². The van der Waals surface area contributed by atoms with Crippen LogP contribution in [0.5, 0.6) is 0 Å². The fourth-order valence-corrected chi connectivity index (χ4v) is 2.44. The summed E-state index contributed by atoms with van der Waals surface area (Å²) >= 11 is 7.47. The molecule has 1 aliphatic carbocycles. The zero-order valence-electron chi connectivity index (χ0n) is 8.88. The van der Waals surface area contributed by atoms with Gasteiger partial charge in [-0.25, -0.2) is 19.9 Å². The maximum Gasteiger partial charge on any atom is 0.134 e. The Bertz CT molecular complexity index is 530. The van der Waals surface area contributed by atoms with Crippen molar-refractivity contribution < 1.29 is 0 Å². The predicted molar refractivity (Wildman–Crippen MR) is 65.2 cm³/mol. The number of halogens is 1. The molecule has 86 valence electrons. The molecule has 2 aromatic rings. The molecule has 2 aromatic heterocycles. The Morgan fingerprint density at radius 3 is 2.82 bits per heavy atom. The normalized spacial score (nSPS) is 14.9. The minimum absolute atomic E-state index is 0.499. The van der Waals surface area contributed by atoms with Gasteiger partial charge in [0.2, 0.25) is 0 Å². The molecule has 0 aliphatic heterocycles. The maximum atomic E-state index is 5.99. The molecule has 0 bridgehead atoms. The molecular formula is C11H9ClN4S. The molecule has 4 nitrogen and oxygen atoms in total. The first-order valence-electron chi connectivity index (χ1n) is 5.29. The average molecular weight is 265 g/mol. The van der Waals surface area contributed by atoms with E-state index in [2.05, 4.69) is 19.9 Å². The molecule has 1 aliphatic rings. The summed E-state index contributed by atoms with van der Waals surface area (Å²) in [6.45, 7) is 0. The van der Waals surface area contributed by atoms with Crippen molar-refractivity contribution in [3.05, 3.63) is 35.6 Å². The zero-order valence-corrected chi connectivity index (χ0v) is 10.4. The molecule has 0 unspecified atom stereocenters. The van der Waals surface area contributed by atoms with Crippen LogP contribution < -0.4 is 0 Å². The van der Waals surface area contributed by atoms with E-state index in [9.17, 15) is 0 Å². The minimum Gasteiger partial charge on any atom is -0.245 e. The third-order valence-electron chi connectivity index (χ3n) is 2.40. The molecule has 0 aromatic carbocycles. The van der Waals surface area contributed by atoms with Crippen LogP contribution in [-0.2, 0) is 0 Å². The summed E-state index contributed by atoms with van der Waals surface area (Å²) in [6, 6.07) is 3.61. The van der Waals surface area contributed by atoms with Crippen LogP contribution >= 0.6 is 23.4 Å². The zero-order chi connectivity index (χ0) is 11.7. The van der Waals surface area contributed by atoms with E-state index < -0.39 is 0 Å². The second-order valence-corrected chi connectivity index (χ2v) is 5.24. The summed E-state index contributed by atoms with van der Waals surface area (Å²) in [6.07, 6.45) is 5.56. The third kappa shape index (κ3) is 2.73. The second-order valence-electron chi connectivity index (χ2n) is 3.81. The molecule has 2 heterocycles. The van der Waals surface area contributed by atoms with Crippen LogP contribution in [0.2, 0.25) is 5.15 Å². The van der Waals surface area contributed by atoms with Crippen molar-refractivity contribution in [1.29, 1.82) is 0 Å². The van der Waals surface area contributed by atoms with Gasteiger partial charge in [-0.1, -0.05) is 11.6 Å². The highest BCUT2D eigenvalue weighted by atomic mass is 35.5. The van der Waals surface area contributed by atoms with E-state index in [1.54, 1.807) is 12.3 Å². The van der Waals surface area contributed by atoms with Gasteiger partial charge in [0.25, 0.3) is 0 Å². The van der Waals surface area contributed by atoms with E-state index in [0.29, 0.717) is 11.1 Å². The molecule has 0 N–H and O–H groups in total. The summed E-state index contributed by atoms with van der Waals surface area (Å²) in [7, 11) is 0. The van der Waals surface area contributed by atoms with Gasteiger partial charge in [0.1, 0.15) is 27.4 Å². The highest BCUT2D eigenvalue weighted by Gasteiger charge is 2.27. The van der Waals surface area contributed by atoms with Crippen molar-refractivity contribution in [1.82, 2.24) is 19.9 Å². The van der Waals surface area contributed by atoms with E-state index in [1.807, 2.05) is 6.07 Å². The van der Waals surface area contributed by atoms with E-state index in [1.165, 1.54) is 18.1 Å². The quantitative estimate of drug-likeness (QED) is 0.798. The number of rotatable bonds is 3. The van der Waals surface area contributed by atoms with E-state index in [0.717, 1.165) is 28.7 Å². The summed E-state index contributed by atoms with van der Waals surface area (Å²) in [5.74, 6) is 1.35. The predicted octanol–water partition coefficient (Wildman–Crippen LogP) is 2.95. The van der Waals surface area contributed by atoms with Crippen molar-refractivity contribution >= 4 is 23.4 Å². The summed E-state index contributed by atoms with van der Waals surface area (Å²) in [5, 5.41) is 2.19. The average Bonchev–Trinajstić information content (AvgIpc) is 3.13.